The van der Waals surface area contributed by atoms with Crippen molar-refractivity contribution in [1.29, 1.82) is 0 Å². The third-order valence-electron chi connectivity index (χ3n) is 4.16. The minimum Gasteiger partial charge on any atom is -0.495 e. The summed E-state index contributed by atoms with van der Waals surface area (Å²) in [6.45, 7) is 1.95. The molecule has 23 heavy (non-hydrogen) atoms. The maximum absolute atomic E-state index is 12.7. The molecule has 1 aliphatic rings. The summed E-state index contributed by atoms with van der Waals surface area (Å²) in [7, 11) is 1.57. The van der Waals surface area contributed by atoms with Crippen LogP contribution >= 0.6 is 11.3 Å². The van der Waals surface area contributed by atoms with Gasteiger partial charge in [-0.25, -0.2) is 0 Å². The van der Waals surface area contributed by atoms with Gasteiger partial charge in [0.2, 0.25) is 0 Å². The van der Waals surface area contributed by atoms with E-state index in [4.69, 9.17) is 4.74 Å². The maximum atomic E-state index is 12.7. The Labute approximate surface area is 139 Å². The molecule has 122 valence electrons. The van der Waals surface area contributed by atoms with Crippen LogP contribution in [0.15, 0.2) is 30.5 Å². The number of aliphatic hydroxyl groups excluding tert-OH is 1. The van der Waals surface area contributed by atoms with Gasteiger partial charge in [-0.05, 0) is 43.9 Å². The molecule has 0 saturated heterocycles. The van der Waals surface area contributed by atoms with Gasteiger partial charge in [0.15, 0.2) is 0 Å². The average molecular weight is 332 g/mol. The number of nitrogens with zero attached hydrogens (tertiary/aromatic N) is 1. The Morgan fingerprint density at radius 1 is 1.48 bits per heavy atom. The summed E-state index contributed by atoms with van der Waals surface area (Å²) in [5, 5.41) is 12.7. The van der Waals surface area contributed by atoms with Crippen LogP contribution < -0.4 is 10.1 Å². The van der Waals surface area contributed by atoms with Gasteiger partial charge in [-0.1, -0.05) is 6.07 Å². The highest BCUT2D eigenvalue weighted by Crippen LogP contribution is 2.38. The molecule has 0 bridgehead atoms. The second-order valence-electron chi connectivity index (χ2n) is 5.85. The number of thiophene rings is 1. The van der Waals surface area contributed by atoms with E-state index in [0.717, 1.165) is 10.6 Å². The molecule has 2 aromatic heterocycles. The lowest BCUT2D eigenvalue weighted by atomic mass is 9.76. The zero-order valence-corrected chi connectivity index (χ0v) is 14.0. The number of aliphatic hydroxyl groups is 1. The van der Waals surface area contributed by atoms with Crippen molar-refractivity contribution in [3.63, 3.8) is 0 Å². The predicted molar refractivity (Wildman–Crippen MR) is 88.8 cm³/mol. The van der Waals surface area contributed by atoms with E-state index in [9.17, 15) is 9.90 Å². The van der Waals surface area contributed by atoms with Crippen LogP contribution in [0.5, 0.6) is 5.75 Å². The maximum Gasteiger partial charge on any atom is 0.265 e. The third-order valence-corrected chi connectivity index (χ3v) is 5.19. The Balaban J connectivity index is 1.82. The summed E-state index contributed by atoms with van der Waals surface area (Å²) in [4.78, 5) is 18.7. The molecule has 0 spiro atoms. The molecule has 2 N–H and O–H groups in total. The SMILES string of the molecule is COc1cc(C)sc1C(=O)NC(c1ccccn1)C1CC(O)C1. The first-order valence-electron chi connectivity index (χ1n) is 7.62. The van der Waals surface area contributed by atoms with Crippen molar-refractivity contribution in [3.8, 4) is 5.75 Å². The van der Waals surface area contributed by atoms with Crippen LogP contribution in [0.25, 0.3) is 0 Å². The van der Waals surface area contributed by atoms with E-state index in [1.54, 1.807) is 13.3 Å². The van der Waals surface area contributed by atoms with Gasteiger partial charge >= 0.3 is 0 Å². The Morgan fingerprint density at radius 3 is 2.87 bits per heavy atom. The molecule has 2 heterocycles. The van der Waals surface area contributed by atoms with Crippen LogP contribution in [-0.2, 0) is 0 Å². The van der Waals surface area contributed by atoms with Crippen LogP contribution in [-0.4, -0.2) is 29.2 Å². The van der Waals surface area contributed by atoms with Crippen molar-refractivity contribution in [2.24, 2.45) is 5.92 Å². The Kier molecular flexibility index (Phi) is 4.63. The second kappa shape index (κ2) is 6.68. The molecule has 1 unspecified atom stereocenters. The van der Waals surface area contributed by atoms with E-state index >= 15 is 0 Å². The highest BCUT2D eigenvalue weighted by Gasteiger charge is 2.36. The second-order valence-corrected chi connectivity index (χ2v) is 7.10. The van der Waals surface area contributed by atoms with E-state index in [1.165, 1.54) is 11.3 Å². The predicted octanol–water partition coefficient (Wildman–Crippen LogP) is 2.70. The molecule has 6 heteroatoms. The fourth-order valence-corrected chi connectivity index (χ4v) is 3.79. The highest BCUT2D eigenvalue weighted by atomic mass is 32.1. The van der Waals surface area contributed by atoms with Gasteiger partial charge in [0.25, 0.3) is 5.91 Å². The number of ether oxygens (including phenoxy) is 1. The van der Waals surface area contributed by atoms with Gasteiger partial charge in [0.1, 0.15) is 10.6 Å². The van der Waals surface area contributed by atoms with Crippen molar-refractivity contribution in [2.45, 2.75) is 31.9 Å². The standard InChI is InChI=1S/C17H20N2O3S/c1-10-7-14(22-2)16(23-10)17(21)19-15(11-8-12(20)9-11)13-5-3-4-6-18-13/h3-7,11-12,15,20H,8-9H2,1-2H3,(H,19,21). The Morgan fingerprint density at radius 2 is 2.26 bits per heavy atom. The minimum absolute atomic E-state index is 0.156. The molecule has 0 radical (unpaired) electrons. The molecule has 2 aromatic rings. The molecule has 0 aromatic carbocycles. The number of carbonyl (C=O) groups excluding carboxylic acids is 1. The number of pyridine rings is 1. The van der Waals surface area contributed by atoms with Crippen LogP contribution in [0.1, 0.15) is 39.1 Å². The summed E-state index contributed by atoms with van der Waals surface area (Å²) >= 11 is 1.42. The monoisotopic (exact) mass is 332 g/mol. The lowest BCUT2D eigenvalue weighted by Crippen LogP contribution is -2.41. The van der Waals surface area contributed by atoms with E-state index in [1.807, 2.05) is 31.2 Å². The zero-order valence-electron chi connectivity index (χ0n) is 13.2. The number of hydrogen-bond acceptors (Lipinski definition) is 5. The van der Waals surface area contributed by atoms with Gasteiger partial charge in [0.05, 0.1) is 24.9 Å². The van der Waals surface area contributed by atoms with Crippen LogP contribution in [0, 0.1) is 12.8 Å². The molecule has 1 aliphatic carbocycles. The fraction of sp³-hybridized carbons (Fsp3) is 0.412. The molecular formula is C17H20N2O3S. The van der Waals surface area contributed by atoms with Crippen molar-refractivity contribution < 1.29 is 14.6 Å². The van der Waals surface area contributed by atoms with Gasteiger partial charge in [-0.15, -0.1) is 11.3 Å². The lowest BCUT2D eigenvalue weighted by molar-refractivity contribution is 0.0228. The van der Waals surface area contributed by atoms with E-state index in [2.05, 4.69) is 10.3 Å². The fourth-order valence-electron chi connectivity index (χ4n) is 2.90. The van der Waals surface area contributed by atoms with Crippen molar-refractivity contribution >= 4 is 17.2 Å². The van der Waals surface area contributed by atoms with Crippen molar-refractivity contribution in [2.75, 3.05) is 7.11 Å². The van der Waals surface area contributed by atoms with Gasteiger partial charge in [-0.2, -0.15) is 0 Å². The molecule has 1 saturated carbocycles. The molecule has 1 amide bonds. The third kappa shape index (κ3) is 3.38. The molecule has 5 nitrogen and oxygen atoms in total. The van der Waals surface area contributed by atoms with Gasteiger partial charge < -0.3 is 15.2 Å². The van der Waals surface area contributed by atoms with Crippen molar-refractivity contribution in [3.05, 3.63) is 45.9 Å². The summed E-state index contributed by atoms with van der Waals surface area (Å²) in [6.07, 6.45) is 2.81. The minimum atomic E-state index is -0.276. The zero-order chi connectivity index (χ0) is 16.4. The first kappa shape index (κ1) is 16.0. The van der Waals surface area contributed by atoms with E-state index < -0.39 is 0 Å². The Hall–Kier alpha value is -1.92. The molecule has 0 aliphatic heterocycles. The normalized spacial score (nSPS) is 21.3. The molecular weight excluding hydrogens is 312 g/mol. The number of rotatable bonds is 5. The topological polar surface area (TPSA) is 71.5 Å². The van der Waals surface area contributed by atoms with Crippen LogP contribution in [0.2, 0.25) is 0 Å². The van der Waals surface area contributed by atoms with Crippen LogP contribution in [0.3, 0.4) is 0 Å². The summed E-state index contributed by atoms with van der Waals surface area (Å²) in [5.41, 5.74) is 0.824. The van der Waals surface area contributed by atoms with Gasteiger partial charge in [0, 0.05) is 11.1 Å². The summed E-state index contributed by atoms with van der Waals surface area (Å²) in [5.74, 6) is 0.645. The molecule has 3 rings (SSSR count). The number of aromatic nitrogens is 1. The first-order chi connectivity index (χ1) is 11.1. The van der Waals surface area contributed by atoms with Crippen LogP contribution in [0.4, 0.5) is 0 Å². The number of amides is 1. The smallest absolute Gasteiger partial charge is 0.265 e. The van der Waals surface area contributed by atoms with E-state index in [0.29, 0.717) is 23.5 Å². The molecule has 1 atom stereocenters. The number of carbonyl (C=O) groups is 1. The lowest BCUT2D eigenvalue weighted by Gasteiger charge is -2.37. The summed E-state index contributed by atoms with van der Waals surface area (Å²) < 4.78 is 5.29. The number of methoxy groups -OCH3 is 1. The first-order valence-corrected chi connectivity index (χ1v) is 8.44. The van der Waals surface area contributed by atoms with E-state index in [-0.39, 0.29) is 24.0 Å². The van der Waals surface area contributed by atoms with Gasteiger partial charge in [-0.3, -0.25) is 9.78 Å². The average Bonchev–Trinajstić information content (AvgIpc) is 2.92. The largest absolute Gasteiger partial charge is 0.495 e. The Bertz CT molecular complexity index is 680. The quantitative estimate of drug-likeness (QED) is 0.883. The number of nitrogens with one attached hydrogen (secondary N) is 1. The summed E-state index contributed by atoms with van der Waals surface area (Å²) in [6, 6.07) is 7.34. The number of hydrogen-bond donors (Lipinski definition) is 2. The highest BCUT2D eigenvalue weighted by molar-refractivity contribution is 7.14. The number of aryl methyl sites for hydroxylation is 1. The molecule has 1 fully saturated rings. The van der Waals surface area contributed by atoms with Crippen molar-refractivity contribution in [1.82, 2.24) is 10.3 Å².